The monoisotopic (exact) mass is 361 g/mol. The second kappa shape index (κ2) is 7.36. The molecule has 1 aliphatic carbocycles. The summed E-state index contributed by atoms with van der Waals surface area (Å²) in [6.07, 6.45) is 4.69. The molecule has 1 N–H and O–H groups in total. The summed E-state index contributed by atoms with van der Waals surface area (Å²) >= 11 is 2.91. The number of carbonyl (C=O) groups is 1. The number of nitrogens with one attached hydrogen (secondary N) is 1. The molecule has 6 nitrogen and oxygen atoms in total. The summed E-state index contributed by atoms with van der Waals surface area (Å²) in [5.41, 5.74) is 1.78. The SMILES string of the molecule is CCn1cnnc1SCC(=O)Nc1sc2c(c1C#N)CC[C@@H](C)C2. The quantitative estimate of drug-likeness (QED) is 0.828. The molecule has 126 valence electrons. The Hall–Kier alpha value is -1.85. The van der Waals surface area contributed by atoms with Crippen molar-refractivity contribution in [3.05, 3.63) is 22.3 Å². The zero-order chi connectivity index (χ0) is 17.1. The number of anilines is 1. The normalized spacial score (nSPS) is 16.5. The average molecular weight is 361 g/mol. The summed E-state index contributed by atoms with van der Waals surface area (Å²) in [7, 11) is 0. The van der Waals surface area contributed by atoms with Crippen LogP contribution < -0.4 is 5.32 Å². The molecule has 1 aliphatic rings. The summed E-state index contributed by atoms with van der Waals surface area (Å²) in [5.74, 6) is 0.777. The van der Waals surface area contributed by atoms with Crippen molar-refractivity contribution in [2.24, 2.45) is 5.92 Å². The highest BCUT2D eigenvalue weighted by atomic mass is 32.2. The van der Waals surface area contributed by atoms with Gasteiger partial charge < -0.3 is 9.88 Å². The van der Waals surface area contributed by atoms with Crippen LogP contribution in [0.3, 0.4) is 0 Å². The van der Waals surface area contributed by atoms with Gasteiger partial charge in [0, 0.05) is 11.4 Å². The lowest BCUT2D eigenvalue weighted by Crippen LogP contribution is -2.14. The fourth-order valence-corrected chi connectivity index (χ4v) is 4.98. The van der Waals surface area contributed by atoms with E-state index in [4.69, 9.17) is 0 Å². The van der Waals surface area contributed by atoms with E-state index in [1.54, 1.807) is 17.7 Å². The highest BCUT2D eigenvalue weighted by molar-refractivity contribution is 7.99. The molecular weight excluding hydrogens is 342 g/mol. The fourth-order valence-electron chi connectivity index (χ4n) is 2.82. The molecule has 8 heteroatoms. The van der Waals surface area contributed by atoms with E-state index in [1.807, 2.05) is 11.5 Å². The average Bonchev–Trinajstić information content (AvgIpc) is 3.15. The van der Waals surface area contributed by atoms with Crippen LogP contribution in [0.5, 0.6) is 0 Å². The maximum Gasteiger partial charge on any atom is 0.235 e. The van der Waals surface area contributed by atoms with Crippen molar-refractivity contribution in [1.29, 1.82) is 5.26 Å². The number of amides is 1. The van der Waals surface area contributed by atoms with Crippen molar-refractivity contribution < 1.29 is 4.79 Å². The first-order valence-corrected chi connectivity index (χ1v) is 9.77. The minimum atomic E-state index is -0.117. The summed E-state index contributed by atoms with van der Waals surface area (Å²) < 4.78 is 1.89. The molecule has 0 bridgehead atoms. The smallest absolute Gasteiger partial charge is 0.235 e. The molecule has 24 heavy (non-hydrogen) atoms. The largest absolute Gasteiger partial charge is 0.316 e. The minimum absolute atomic E-state index is 0.117. The third-order valence-electron chi connectivity index (χ3n) is 4.13. The Morgan fingerprint density at radius 3 is 3.21 bits per heavy atom. The van der Waals surface area contributed by atoms with Crippen LogP contribution in [0.25, 0.3) is 0 Å². The van der Waals surface area contributed by atoms with E-state index >= 15 is 0 Å². The van der Waals surface area contributed by atoms with E-state index in [9.17, 15) is 10.1 Å². The molecule has 3 rings (SSSR count). The van der Waals surface area contributed by atoms with Crippen LogP contribution in [0.15, 0.2) is 11.5 Å². The molecule has 1 atom stereocenters. The predicted molar refractivity (Wildman–Crippen MR) is 95.3 cm³/mol. The van der Waals surface area contributed by atoms with Gasteiger partial charge >= 0.3 is 0 Å². The molecule has 0 saturated carbocycles. The number of nitrogens with zero attached hydrogens (tertiary/aromatic N) is 4. The summed E-state index contributed by atoms with van der Waals surface area (Å²) in [6.45, 7) is 5.00. The van der Waals surface area contributed by atoms with Gasteiger partial charge in [-0.05, 0) is 37.7 Å². The van der Waals surface area contributed by atoms with Crippen LogP contribution in [0.1, 0.15) is 36.3 Å². The van der Waals surface area contributed by atoms with Gasteiger partial charge in [-0.25, -0.2) is 0 Å². The summed E-state index contributed by atoms with van der Waals surface area (Å²) in [5, 5.41) is 21.7. The third-order valence-corrected chi connectivity index (χ3v) is 6.28. The van der Waals surface area contributed by atoms with Gasteiger partial charge in [0.05, 0.1) is 11.3 Å². The van der Waals surface area contributed by atoms with Gasteiger partial charge in [0.15, 0.2) is 5.16 Å². The van der Waals surface area contributed by atoms with Crippen molar-refractivity contribution in [2.45, 2.75) is 44.8 Å². The molecule has 0 aromatic carbocycles. The molecule has 0 spiro atoms. The molecule has 2 aromatic heterocycles. The van der Waals surface area contributed by atoms with Gasteiger partial charge in [0.1, 0.15) is 17.4 Å². The molecule has 0 fully saturated rings. The topological polar surface area (TPSA) is 83.6 Å². The van der Waals surface area contributed by atoms with Crippen LogP contribution in [-0.4, -0.2) is 26.4 Å². The number of nitriles is 1. The van der Waals surface area contributed by atoms with Crippen molar-refractivity contribution >= 4 is 34.0 Å². The fraction of sp³-hybridized carbons (Fsp3) is 0.500. The second-order valence-electron chi connectivity index (χ2n) is 5.90. The van der Waals surface area contributed by atoms with Crippen molar-refractivity contribution in [3.8, 4) is 6.07 Å². The summed E-state index contributed by atoms with van der Waals surface area (Å²) in [4.78, 5) is 13.5. The van der Waals surface area contributed by atoms with Gasteiger partial charge in [-0.2, -0.15) is 5.26 Å². The van der Waals surface area contributed by atoms with Crippen LogP contribution in [0, 0.1) is 17.2 Å². The van der Waals surface area contributed by atoms with E-state index in [0.29, 0.717) is 16.5 Å². The molecule has 0 radical (unpaired) electrons. The number of thioether (sulfide) groups is 1. The van der Waals surface area contributed by atoms with Crippen LogP contribution in [0.2, 0.25) is 0 Å². The first-order valence-electron chi connectivity index (χ1n) is 7.97. The lowest BCUT2D eigenvalue weighted by Gasteiger charge is -2.17. The number of aryl methyl sites for hydroxylation is 1. The summed E-state index contributed by atoms with van der Waals surface area (Å²) in [6, 6.07) is 2.27. The molecule has 2 heterocycles. The Bertz CT molecular complexity index is 789. The Kier molecular flexibility index (Phi) is 5.21. The number of thiophene rings is 1. The highest BCUT2D eigenvalue weighted by Crippen LogP contribution is 2.39. The number of hydrogen-bond acceptors (Lipinski definition) is 6. The Morgan fingerprint density at radius 1 is 1.62 bits per heavy atom. The van der Waals surface area contributed by atoms with Crippen molar-refractivity contribution in [2.75, 3.05) is 11.1 Å². The molecule has 0 aliphatic heterocycles. The van der Waals surface area contributed by atoms with Gasteiger partial charge in [-0.3, -0.25) is 4.79 Å². The van der Waals surface area contributed by atoms with Crippen molar-refractivity contribution in [3.63, 3.8) is 0 Å². The molecule has 0 saturated heterocycles. The Balaban J connectivity index is 1.67. The van der Waals surface area contributed by atoms with Gasteiger partial charge in [-0.1, -0.05) is 18.7 Å². The molecule has 0 unspecified atom stereocenters. The lowest BCUT2D eigenvalue weighted by molar-refractivity contribution is -0.113. The third kappa shape index (κ3) is 3.47. The number of fused-ring (bicyclic) bond motifs is 1. The maximum absolute atomic E-state index is 12.3. The van der Waals surface area contributed by atoms with Crippen LogP contribution in [-0.2, 0) is 24.2 Å². The standard InChI is InChI=1S/C16H19N5OS2/c1-3-21-9-18-20-16(21)23-8-14(22)19-15-12(7-17)11-5-4-10(2)6-13(11)24-15/h9-10H,3-6,8H2,1-2H3,(H,19,22)/t10-/m1/s1. The lowest BCUT2D eigenvalue weighted by atomic mass is 9.89. The number of aromatic nitrogens is 3. The minimum Gasteiger partial charge on any atom is -0.316 e. The molecule has 2 aromatic rings. The van der Waals surface area contributed by atoms with Gasteiger partial charge in [0.25, 0.3) is 0 Å². The first kappa shape index (κ1) is 17.0. The van der Waals surface area contributed by atoms with E-state index in [1.165, 1.54) is 16.6 Å². The zero-order valence-electron chi connectivity index (χ0n) is 13.7. The predicted octanol–water partition coefficient (Wildman–Crippen LogP) is 3.09. The van der Waals surface area contributed by atoms with E-state index in [2.05, 4.69) is 28.5 Å². The van der Waals surface area contributed by atoms with Gasteiger partial charge in [0.2, 0.25) is 5.91 Å². The maximum atomic E-state index is 12.3. The highest BCUT2D eigenvalue weighted by Gasteiger charge is 2.24. The number of hydrogen-bond donors (Lipinski definition) is 1. The Morgan fingerprint density at radius 2 is 2.46 bits per heavy atom. The van der Waals surface area contributed by atoms with Crippen molar-refractivity contribution in [1.82, 2.24) is 14.8 Å². The number of carbonyl (C=O) groups excluding carboxylic acids is 1. The first-order chi connectivity index (χ1) is 11.6. The van der Waals surface area contributed by atoms with Crippen LogP contribution in [0.4, 0.5) is 5.00 Å². The van der Waals surface area contributed by atoms with E-state index in [-0.39, 0.29) is 11.7 Å². The zero-order valence-corrected chi connectivity index (χ0v) is 15.3. The number of rotatable bonds is 5. The molecular formula is C16H19N5OS2. The molecule has 1 amide bonds. The Labute approximate surface area is 149 Å². The van der Waals surface area contributed by atoms with E-state index in [0.717, 1.165) is 36.5 Å². The van der Waals surface area contributed by atoms with Gasteiger partial charge in [-0.15, -0.1) is 21.5 Å². The van der Waals surface area contributed by atoms with Crippen LogP contribution >= 0.6 is 23.1 Å². The second-order valence-corrected chi connectivity index (χ2v) is 7.95. The van der Waals surface area contributed by atoms with E-state index < -0.39 is 0 Å².